The molecule has 0 bridgehead atoms. The molecule has 0 atom stereocenters. The molecule has 0 radical (unpaired) electrons. The number of benzene rings is 1. The zero-order valence-corrected chi connectivity index (χ0v) is 12.3. The van der Waals surface area contributed by atoms with Crippen LogP contribution in [0.15, 0.2) is 23.1 Å². The molecule has 0 aliphatic heterocycles. The minimum absolute atomic E-state index is 0.0653. The van der Waals surface area contributed by atoms with Gasteiger partial charge in [-0.05, 0) is 38.3 Å². The topological polar surface area (TPSA) is 62.3 Å². The van der Waals surface area contributed by atoms with Crippen molar-refractivity contribution in [3.05, 3.63) is 23.8 Å². The van der Waals surface area contributed by atoms with Crippen LogP contribution in [0, 0.1) is 5.41 Å². The third-order valence-corrected chi connectivity index (χ3v) is 4.13. The van der Waals surface area contributed by atoms with E-state index in [2.05, 4.69) is 11.9 Å². The van der Waals surface area contributed by atoms with Gasteiger partial charge in [-0.15, -0.1) is 11.8 Å². The average molecular weight is 279 g/mol. The fraction of sp³-hybridized carbons (Fsp3) is 0.500. The second-order valence-corrected chi connectivity index (χ2v) is 5.66. The van der Waals surface area contributed by atoms with E-state index in [4.69, 9.17) is 15.9 Å². The Hall–Kier alpha value is -1.20. The summed E-state index contributed by atoms with van der Waals surface area (Å²) >= 11 is 1.58. The molecule has 1 aliphatic rings. The number of hydrogen-bond acceptors (Lipinski definition) is 4. The first kappa shape index (κ1) is 14.2. The summed E-state index contributed by atoms with van der Waals surface area (Å²) in [6, 6.07) is 6.53. The molecule has 0 amide bonds. The van der Waals surface area contributed by atoms with E-state index in [9.17, 15) is 0 Å². The van der Waals surface area contributed by atoms with Crippen LogP contribution in [-0.4, -0.2) is 43.2 Å². The fourth-order valence-electron chi connectivity index (χ4n) is 2.06. The van der Waals surface area contributed by atoms with E-state index in [1.54, 1.807) is 11.8 Å². The monoisotopic (exact) mass is 279 g/mol. The number of amidine groups is 1. The van der Waals surface area contributed by atoms with E-state index in [1.807, 2.05) is 24.5 Å². The minimum Gasteiger partial charge on any atom is -0.491 e. The Bertz CT molecular complexity index is 460. The summed E-state index contributed by atoms with van der Waals surface area (Å²) in [5.74, 6) is 0.777. The number of rotatable bonds is 7. The van der Waals surface area contributed by atoms with Gasteiger partial charge in [-0.3, -0.25) is 5.41 Å². The largest absolute Gasteiger partial charge is 0.491 e. The third kappa shape index (κ3) is 3.64. The number of nitrogens with zero attached hydrogens (tertiary/aromatic N) is 1. The number of nitrogens with two attached hydrogens (primary N) is 1. The second-order valence-electron chi connectivity index (χ2n) is 4.81. The van der Waals surface area contributed by atoms with Gasteiger partial charge >= 0.3 is 0 Å². The molecule has 0 heterocycles. The Labute approximate surface area is 118 Å². The van der Waals surface area contributed by atoms with Crippen LogP contribution in [0.5, 0.6) is 5.75 Å². The van der Waals surface area contributed by atoms with Crippen molar-refractivity contribution in [1.82, 2.24) is 4.90 Å². The first-order chi connectivity index (χ1) is 9.13. The zero-order chi connectivity index (χ0) is 13.8. The molecular formula is C14H21N3OS. The number of nitrogen functional groups attached to an aromatic ring is 1. The number of thioether (sulfide) groups is 1. The molecule has 1 aliphatic carbocycles. The van der Waals surface area contributed by atoms with Crippen LogP contribution >= 0.6 is 11.8 Å². The molecule has 2 rings (SSSR count). The van der Waals surface area contributed by atoms with E-state index in [0.717, 1.165) is 17.5 Å². The second kappa shape index (κ2) is 6.30. The molecule has 19 heavy (non-hydrogen) atoms. The van der Waals surface area contributed by atoms with Crippen molar-refractivity contribution in [2.45, 2.75) is 23.8 Å². The summed E-state index contributed by atoms with van der Waals surface area (Å²) in [6.07, 6.45) is 4.58. The van der Waals surface area contributed by atoms with E-state index in [1.165, 1.54) is 12.8 Å². The summed E-state index contributed by atoms with van der Waals surface area (Å²) in [6.45, 7) is 1.54. The summed E-state index contributed by atoms with van der Waals surface area (Å²) in [5, 5.41) is 7.69. The van der Waals surface area contributed by atoms with Gasteiger partial charge in [0.1, 0.15) is 18.2 Å². The predicted molar refractivity (Wildman–Crippen MR) is 80.4 cm³/mol. The van der Waals surface area contributed by atoms with Crippen molar-refractivity contribution in [2.75, 3.05) is 26.5 Å². The Morgan fingerprint density at radius 3 is 2.84 bits per heavy atom. The maximum Gasteiger partial charge on any atom is 0.131 e. The number of likely N-dealkylation sites (N-methyl/N-ethyl adjacent to an activating group) is 1. The van der Waals surface area contributed by atoms with Gasteiger partial charge in [0.05, 0.1) is 5.56 Å². The lowest BCUT2D eigenvalue weighted by Crippen LogP contribution is -2.26. The molecule has 1 saturated carbocycles. The quantitative estimate of drug-likeness (QED) is 0.456. The molecule has 104 valence electrons. The number of hydrogen-bond donors (Lipinski definition) is 2. The Morgan fingerprint density at radius 2 is 2.26 bits per heavy atom. The normalized spacial score (nSPS) is 14.7. The van der Waals surface area contributed by atoms with Crippen molar-refractivity contribution >= 4 is 17.6 Å². The molecule has 1 aromatic carbocycles. The average Bonchev–Trinajstić information content (AvgIpc) is 3.22. The van der Waals surface area contributed by atoms with Crippen molar-refractivity contribution in [2.24, 2.45) is 5.73 Å². The lowest BCUT2D eigenvalue weighted by Gasteiger charge is -2.18. The first-order valence-corrected chi connectivity index (χ1v) is 7.70. The minimum atomic E-state index is 0.0653. The molecule has 1 fully saturated rings. The van der Waals surface area contributed by atoms with Gasteiger partial charge < -0.3 is 15.4 Å². The Balaban J connectivity index is 2.00. The van der Waals surface area contributed by atoms with Gasteiger partial charge in [-0.25, -0.2) is 0 Å². The van der Waals surface area contributed by atoms with Crippen molar-refractivity contribution < 1.29 is 4.74 Å². The van der Waals surface area contributed by atoms with Crippen LogP contribution < -0.4 is 10.5 Å². The van der Waals surface area contributed by atoms with Gasteiger partial charge in [0.15, 0.2) is 0 Å². The van der Waals surface area contributed by atoms with Crippen molar-refractivity contribution in [3.63, 3.8) is 0 Å². The highest BCUT2D eigenvalue weighted by Gasteiger charge is 2.25. The smallest absolute Gasteiger partial charge is 0.131 e. The van der Waals surface area contributed by atoms with Gasteiger partial charge in [-0.2, -0.15) is 0 Å². The lowest BCUT2D eigenvalue weighted by atomic mass is 10.2. The highest BCUT2D eigenvalue weighted by Crippen LogP contribution is 2.29. The molecule has 4 nitrogen and oxygen atoms in total. The molecule has 0 spiro atoms. The van der Waals surface area contributed by atoms with E-state index in [-0.39, 0.29) is 5.84 Å². The Kier molecular flexibility index (Phi) is 4.71. The van der Waals surface area contributed by atoms with Crippen LogP contribution in [0.25, 0.3) is 0 Å². The summed E-state index contributed by atoms with van der Waals surface area (Å²) in [5.41, 5.74) is 6.37. The van der Waals surface area contributed by atoms with Crippen LogP contribution in [0.4, 0.5) is 0 Å². The standard InChI is InChI=1S/C14H21N3OS/c1-17(10-6-7-10)8-9-18-11-4-3-5-12(19-2)13(11)14(15)16/h3-5,10H,6-9H2,1-2H3,(H3,15,16). The summed E-state index contributed by atoms with van der Waals surface area (Å²) in [4.78, 5) is 3.31. The molecule has 3 N–H and O–H groups in total. The highest BCUT2D eigenvalue weighted by molar-refractivity contribution is 7.98. The third-order valence-electron chi connectivity index (χ3n) is 3.35. The number of nitrogens with one attached hydrogen (secondary N) is 1. The fourth-order valence-corrected chi connectivity index (χ4v) is 2.69. The van der Waals surface area contributed by atoms with E-state index < -0.39 is 0 Å². The van der Waals surface area contributed by atoms with Crippen LogP contribution in [0.1, 0.15) is 18.4 Å². The van der Waals surface area contributed by atoms with Gasteiger partial charge in [-0.1, -0.05) is 6.07 Å². The maximum absolute atomic E-state index is 7.69. The first-order valence-electron chi connectivity index (χ1n) is 6.48. The molecular weight excluding hydrogens is 258 g/mol. The molecule has 0 aromatic heterocycles. The van der Waals surface area contributed by atoms with E-state index in [0.29, 0.717) is 17.9 Å². The molecule has 0 saturated heterocycles. The van der Waals surface area contributed by atoms with Crippen LogP contribution in [0.3, 0.4) is 0 Å². The van der Waals surface area contributed by atoms with Gasteiger partial charge in [0.2, 0.25) is 0 Å². The maximum atomic E-state index is 7.69. The Morgan fingerprint density at radius 1 is 1.53 bits per heavy atom. The lowest BCUT2D eigenvalue weighted by molar-refractivity contribution is 0.231. The van der Waals surface area contributed by atoms with E-state index >= 15 is 0 Å². The summed E-state index contributed by atoms with van der Waals surface area (Å²) in [7, 11) is 2.13. The van der Waals surface area contributed by atoms with Gasteiger partial charge in [0.25, 0.3) is 0 Å². The molecule has 0 unspecified atom stereocenters. The molecule has 5 heteroatoms. The number of ether oxygens (including phenoxy) is 1. The van der Waals surface area contributed by atoms with Crippen molar-refractivity contribution in [1.29, 1.82) is 5.41 Å². The highest BCUT2D eigenvalue weighted by atomic mass is 32.2. The van der Waals surface area contributed by atoms with Crippen molar-refractivity contribution in [3.8, 4) is 5.75 Å². The SMILES string of the molecule is CSc1cccc(OCCN(C)C2CC2)c1C(=N)N. The predicted octanol–water partition coefficient (Wildman–Crippen LogP) is 2.17. The zero-order valence-electron chi connectivity index (χ0n) is 11.5. The summed E-state index contributed by atoms with van der Waals surface area (Å²) < 4.78 is 5.81. The van der Waals surface area contributed by atoms with Crippen LogP contribution in [0.2, 0.25) is 0 Å². The van der Waals surface area contributed by atoms with Gasteiger partial charge in [0, 0.05) is 17.5 Å². The van der Waals surface area contributed by atoms with Crippen LogP contribution in [-0.2, 0) is 0 Å². The molecule has 1 aromatic rings.